The van der Waals surface area contributed by atoms with E-state index in [-0.39, 0.29) is 5.41 Å². The highest BCUT2D eigenvalue weighted by molar-refractivity contribution is 6.33. The van der Waals surface area contributed by atoms with Gasteiger partial charge in [0, 0.05) is 24.7 Å². The fourth-order valence-corrected chi connectivity index (χ4v) is 2.83. The van der Waals surface area contributed by atoms with Crippen LogP contribution in [0.2, 0.25) is 5.02 Å². The van der Waals surface area contributed by atoms with E-state index >= 15 is 0 Å². The average Bonchev–Trinajstić information content (AvgIpc) is 2.87. The standard InChI is InChI=1S/C14H15ClN4O/c1-14(2)4-13-17-6-11(19(13)7-14)9-3-12(18-8-20)16-5-10(9)15/h3,5-6,8H,4,7H2,1-2H3,(H,16,18,20). The molecule has 0 aliphatic carbocycles. The van der Waals surface area contributed by atoms with Gasteiger partial charge in [-0.25, -0.2) is 9.97 Å². The number of carbonyl (C=O) groups excluding carboxylic acids is 1. The summed E-state index contributed by atoms with van der Waals surface area (Å²) in [7, 11) is 0. The van der Waals surface area contributed by atoms with Crippen molar-refractivity contribution in [1.29, 1.82) is 0 Å². The molecule has 2 aromatic heterocycles. The molecule has 0 atom stereocenters. The molecule has 1 N–H and O–H groups in total. The number of nitrogens with one attached hydrogen (secondary N) is 1. The lowest BCUT2D eigenvalue weighted by molar-refractivity contribution is -0.105. The molecule has 0 aromatic carbocycles. The first-order valence-corrected chi connectivity index (χ1v) is 6.78. The van der Waals surface area contributed by atoms with Crippen molar-refractivity contribution >= 4 is 23.8 Å². The third-order valence-electron chi connectivity index (χ3n) is 3.50. The van der Waals surface area contributed by atoms with Crippen molar-refractivity contribution in [2.24, 2.45) is 5.41 Å². The van der Waals surface area contributed by atoms with Crippen LogP contribution in [0.4, 0.5) is 5.82 Å². The van der Waals surface area contributed by atoms with Crippen LogP contribution in [-0.4, -0.2) is 20.9 Å². The summed E-state index contributed by atoms with van der Waals surface area (Å²) in [6.45, 7) is 5.35. The molecule has 1 aliphatic heterocycles. The number of halogens is 1. The van der Waals surface area contributed by atoms with Crippen LogP contribution >= 0.6 is 11.6 Å². The highest BCUT2D eigenvalue weighted by Gasteiger charge is 2.31. The minimum Gasteiger partial charge on any atom is -0.327 e. The van der Waals surface area contributed by atoms with Crippen LogP contribution in [0.5, 0.6) is 0 Å². The second-order valence-corrected chi connectivity index (χ2v) is 6.21. The average molecular weight is 291 g/mol. The topological polar surface area (TPSA) is 59.8 Å². The smallest absolute Gasteiger partial charge is 0.212 e. The summed E-state index contributed by atoms with van der Waals surface area (Å²) in [6.07, 6.45) is 4.93. The van der Waals surface area contributed by atoms with Crippen molar-refractivity contribution in [3.63, 3.8) is 0 Å². The van der Waals surface area contributed by atoms with Crippen molar-refractivity contribution in [3.05, 3.63) is 29.3 Å². The van der Waals surface area contributed by atoms with Gasteiger partial charge in [0.2, 0.25) is 6.41 Å². The van der Waals surface area contributed by atoms with Crippen molar-refractivity contribution in [3.8, 4) is 11.3 Å². The zero-order valence-electron chi connectivity index (χ0n) is 11.4. The first kappa shape index (κ1) is 13.1. The lowest BCUT2D eigenvalue weighted by Crippen LogP contribution is -2.13. The van der Waals surface area contributed by atoms with E-state index in [2.05, 4.69) is 33.7 Å². The van der Waals surface area contributed by atoms with E-state index in [0.29, 0.717) is 17.3 Å². The molecule has 0 fully saturated rings. The van der Waals surface area contributed by atoms with Gasteiger partial charge in [0.05, 0.1) is 16.9 Å². The summed E-state index contributed by atoms with van der Waals surface area (Å²) < 4.78 is 2.19. The fraction of sp³-hybridized carbons (Fsp3) is 0.357. The minimum atomic E-state index is 0.210. The molecule has 6 heteroatoms. The summed E-state index contributed by atoms with van der Waals surface area (Å²) in [5.41, 5.74) is 2.01. The van der Waals surface area contributed by atoms with Crippen LogP contribution in [-0.2, 0) is 17.8 Å². The summed E-state index contributed by atoms with van der Waals surface area (Å²) in [5.74, 6) is 1.55. The van der Waals surface area contributed by atoms with Crippen LogP contribution in [0.25, 0.3) is 11.3 Å². The molecule has 0 saturated heterocycles. The molecule has 0 unspecified atom stereocenters. The second kappa shape index (κ2) is 4.59. The molecule has 1 aliphatic rings. The fourth-order valence-electron chi connectivity index (χ4n) is 2.63. The molecule has 0 saturated carbocycles. The van der Waals surface area contributed by atoms with Gasteiger partial charge in [0.25, 0.3) is 0 Å². The van der Waals surface area contributed by atoms with Gasteiger partial charge in [-0.05, 0) is 11.5 Å². The number of pyridine rings is 1. The first-order valence-electron chi connectivity index (χ1n) is 6.41. The molecule has 1 amide bonds. The predicted molar refractivity (Wildman–Crippen MR) is 77.6 cm³/mol. The van der Waals surface area contributed by atoms with E-state index in [4.69, 9.17) is 11.6 Å². The van der Waals surface area contributed by atoms with Crippen molar-refractivity contribution in [2.75, 3.05) is 5.32 Å². The van der Waals surface area contributed by atoms with E-state index in [9.17, 15) is 4.79 Å². The van der Waals surface area contributed by atoms with Crippen LogP contribution in [0.3, 0.4) is 0 Å². The lowest BCUT2D eigenvalue weighted by Gasteiger charge is -2.16. The number of amides is 1. The third kappa shape index (κ3) is 2.18. The van der Waals surface area contributed by atoms with Crippen molar-refractivity contribution < 1.29 is 4.79 Å². The Morgan fingerprint density at radius 3 is 2.95 bits per heavy atom. The monoisotopic (exact) mass is 290 g/mol. The Morgan fingerprint density at radius 2 is 2.20 bits per heavy atom. The summed E-state index contributed by atoms with van der Waals surface area (Å²) in [5, 5.41) is 3.09. The first-order chi connectivity index (χ1) is 9.50. The highest BCUT2D eigenvalue weighted by atomic mass is 35.5. The molecule has 0 bridgehead atoms. The number of anilines is 1. The lowest BCUT2D eigenvalue weighted by atomic mass is 9.92. The molecule has 0 spiro atoms. The number of fused-ring (bicyclic) bond motifs is 1. The van der Waals surface area contributed by atoms with Crippen LogP contribution < -0.4 is 5.32 Å². The van der Waals surface area contributed by atoms with E-state index in [1.165, 1.54) is 0 Å². The number of hydrogen-bond donors (Lipinski definition) is 1. The molecule has 3 rings (SSSR count). The normalized spacial score (nSPS) is 15.9. The molecule has 3 heterocycles. The molecule has 20 heavy (non-hydrogen) atoms. The largest absolute Gasteiger partial charge is 0.327 e. The number of nitrogens with zero attached hydrogens (tertiary/aromatic N) is 3. The molecule has 5 nitrogen and oxygen atoms in total. The van der Waals surface area contributed by atoms with Gasteiger partial charge < -0.3 is 9.88 Å². The van der Waals surface area contributed by atoms with Crippen molar-refractivity contribution in [2.45, 2.75) is 26.8 Å². The Bertz CT molecular complexity index is 678. The van der Waals surface area contributed by atoms with Gasteiger partial charge in [-0.15, -0.1) is 0 Å². The van der Waals surface area contributed by atoms with Gasteiger partial charge in [0.1, 0.15) is 11.6 Å². The van der Waals surface area contributed by atoms with E-state index in [0.717, 1.165) is 30.0 Å². The number of carbonyl (C=O) groups is 1. The predicted octanol–water partition coefficient (Wildman–Crippen LogP) is 2.75. The maximum atomic E-state index is 10.5. The van der Waals surface area contributed by atoms with Gasteiger partial charge in [-0.3, -0.25) is 4.79 Å². The van der Waals surface area contributed by atoms with Gasteiger partial charge in [0.15, 0.2) is 0 Å². The maximum Gasteiger partial charge on any atom is 0.212 e. The van der Waals surface area contributed by atoms with E-state index in [1.807, 2.05) is 6.20 Å². The van der Waals surface area contributed by atoms with E-state index in [1.54, 1.807) is 12.3 Å². The minimum absolute atomic E-state index is 0.210. The maximum absolute atomic E-state index is 10.5. The second-order valence-electron chi connectivity index (χ2n) is 5.80. The number of hydrogen-bond acceptors (Lipinski definition) is 3. The van der Waals surface area contributed by atoms with Crippen LogP contribution in [0.1, 0.15) is 19.7 Å². The highest BCUT2D eigenvalue weighted by Crippen LogP contribution is 2.37. The Kier molecular flexibility index (Phi) is 3.01. The van der Waals surface area contributed by atoms with E-state index < -0.39 is 0 Å². The SMILES string of the molecule is CC1(C)Cc2ncc(-c3cc(NC=O)ncc3Cl)n2C1. The van der Waals surface area contributed by atoms with Gasteiger partial charge in [-0.2, -0.15) is 0 Å². The third-order valence-corrected chi connectivity index (χ3v) is 3.80. The Balaban J connectivity index is 2.07. The quantitative estimate of drug-likeness (QED) is 0.884. The Labute approximate surface area is 122 Å². The zero-order valence-corrected chi connectivity index (χ0v) is 12.1. The molecular formula is C14H15ClN4O. The summed E-state index contributed by atoms with van der Waals surface area (Å²) in [4.78, 5) is 19.1. The van der Waals surface area contributed by atoms with Crippen LogP contribution in [0, 0.1) is 5.41 Å². The zero-order chi connectivity index (χ0) is 14.3. The molecule has 0 radical (unpaired) electrons. The van der Waals surface area contributed by atoms with Gasteiger partial charge >= 0.3 is 0 Å². The number of rotatable bonds is 3. The Morgan fingerprint density at radius 1 is 1.40 bits per heavy atom. The number of aromatic nitrogens is 3. The summed E-state index contributed by atoms with van der Waals surface area (Å²) >= 11 is 6.24. The van der Waals surface area contributed by atoms with Gasteiger partial charge in [-0.1, -0.05) is 25.4 Å². The molecule has 104 valence electrons. The van der Waals surface area contributed by atoms with Crippen molar-refractivity contribution in [1.82, 2.24) is 14.5 Å². The molecular weight excluding hydrogens is 276 g/mol. The Hall–Kier alpha value is -1.88. The van der Waals surface area contributed by atoms with Crippen LogP contribution in [0.15, 0.2) is 18.5 Å². The number of imidazole rings is 1. The summed E-state index contributed by atoms with van der Waals surface area (Å²) in [6, 6.07) is 1.77. The molecule has 2 aromatic rings.